The second kappa shape index (κ2) is 19.0. The topological polar surface area (TPSA) is 28.2 Å². The summed E-state index contributed by atoms with van der Waals surface area (Å²) < 4.78 is 14.0. The summed E-state index contributed by atoms with van der Waals surface area (Å²) in [7, 11) is 0. The molecule has 3 nitrogen and oxygen atoms in total. The lowest BCUT2D eigenvalue weighted by Crippen LogP contribution is -2.34. The molecular formula is C42H56FN3. The van der Waals surface area contributed by atoms with E-state index in [1.807, 2.05) is 32.2 Å². The van der Waals surface area contributed by atoms with E-state index < -0.39 is 0 Å². The normalized spacial score (nSPS) is 13.9. The first-order valence-electron chi connectivity index (χ1n) is 17.4. The summed E-state index contributed by atoms with van der Waals surface area (Å²) in [5, 5.41) is 3.48. The Morgan fingerprint density at radius 2 is 1.57 bits per heavy atom. The lowest BCUT2D eigenvalue weighted by Gasteiger charge is -2.33. The predicted octanol–water partition coefficient (Wildman–Crippen LogP) is 12.0. The van der Waals surface area contributed by atoms with Crippen molar-refractivity contribution >= 4 is 5.69 Å². The van der Waals surface area contributed by atoms with Gasteiger partial charge in [0.2, 0.25) is 0 Å². The van der Waals surface area contributed by atoms with Gasteiger partial charge in [-0.3, -0.25) is 9.88 Å². The Morgan fingerprint density at radius 3 is 2.17 bits per heavy atom. The molecule has 2 heterocycles. The number of nitrogens with one attached hydrogen (secondary N) is 1. The first-order valence-corrected chi connectivity index (χ1v) is 17.4. The Kier molecular flexibility index (Phi) is 15.2. The van der Waals surface area contributed by atoms with Crippen molar-refractivity contribution in [1.82, 2.24) is 9.88 Å². The molecule has 4 aromatic rings. The number of aryl methyl sites for hydroxylation is 1. The zero-order chi connectivity index (χ0) is 33.5. The minimum absolute atomic E-state index is 0.211. The maximum absolute atomic E-state index is 14.0. The van der Waals surface area contributed by atoms with Gasteiger partial charge in [0.15, 0.2) is 0 Å². The Hall–Kier alpha value is -3.76. The number of anilines is 1. The van der Waals surface area contributed by atoms with Crippen LogP contribution in [0, 0.1) is 18.7 Å². The average Bonchev–Trinajstić information content (AvgIpc) is 3.10. The number of benzene rings is 3. The van der Waals surface area contributed by atoms with Gasteiger partial charge in [0, 0.05) is 41.2 Å². The van der Waals surface area contributed by atoms with Crippen LogP contribution < -0.4 is 5.32 Å². The number of unbranched alkanes of at least 4 members (excludes halogenated alkanes) is 1. The number of aromatic nitrogens is 1. The molecule has 0 aliphatic carbocycles. The summed E-state index contributed by atoms with van der Waals surface area (Å²) in [4.78, 5) is 7.32. The number of rotatable bonds is 10. The maximum Gasteiger partial charge on any atom is 0.125 e. The van der Waals surface area contributed by atoms with Crippen LogP contribution >= 0.6 is 0 Å². The van der Waals surface area contributed by atoms with E-state index in [9.17, 15) is 4.39 Å². The van der Waals surface area contributed by atoms with Crippen molar-refractivity contribution in [2.24, 2.45) is 5.92 Å². The summed E-state index contributed by atoms with van der Waals surface area (Å²) in [6.45, 7) is 22.1. The molecule has 0 amide bonds. The van der Waals surface area contributed by atoms with Crippen LogP contribution in [0.2, 0.25) is 0 Å². The highest BCUT2D eigenvalue weighted by molar-refractivity contribution is 5.81. The number of piperidine rings is 1. The molecule has 1 N–H and O–H groups in total. The maximum atomic E-state index is 14.0. The van der Waals surface area contributed by atoms with Crippen LogP contribution in [0.3, 0.4) is 0 Å². The molecule has 0 radical (unpaired) electrons. The van der Waals surface area contributed by atoms with Crippen LogP contribution in [0.1, 0.15) is 96.3 Å². The van der Waals surface area contributed by atoms with Crippen molar-refractivity contribution in [3.63, 3.8) is 0 Å². The molecule has 0 saturated carbocycles. The number of halogens is 1. The molecule has 1 aliphatic heterocycles. The van der Waals surface area contributed by atoms with Crippen LogP contribution in [0.15, 0.2) is 97.3 Å². The predicted molar refractivity (Wildman–Crippen MR) is 198 cm³/mol. The number of nitrogens with zero attached hydrogens (tertiary/aromatic N) is 2. The van der Waals surface area contributed by atoms with E-state index in [0.717, 1.165) is 72.7 Å². The van der Waals surface area contributed by atoms with Gasteiger partial charge in [0.1, 0.15) is 5.82 Å². The second-order valence-electron chi connectivity index (χ2n) is 12.2. The molecule has 0 spiro atoms. The van der Waals surface area contributed by atoms with Gasteiger partial charge in [0.05, 0.1) is 5.69 Å². The molecule has 4 heteroatoms. The number of hydrogen-bond donors (Lipinski definition) is 1. The second-order valence-corrected chi connectivity index (χ2v) is 12.2. The zero-order valence-corrected chi connectivity index (χ0v) is 29.4. The van der Waals surface area contributed by atoms with Gasteiger partial charge in [-0.05, 0) is 85.6 Å². The van der Waals surface area contributed by atoms with Crippen LogP contribution in [-0.2, 0) is 6.54 Å². The van der Waals surface area contributed by atoms with E-state index in [0.29, 0.717) is 11.8 Å². The van der Waals surface area contributed by atoms with Gasteiger partial charge in [-0.2, -0.15) is 0 Å². The van der Waals surface area contributed by atoms with E-state index in [-0.39, 0.29) is 5.82 Å². The number of hydrogen-bond acceptors (Lipinski definition) is 3. The third kappa shape index (κ3) is 10.4. The van der Waals surface area contributed by atoms with Gasteiger partial charge in [0.25, 0.3) is 0 Å². The highest BCUT2D eigenvalue weighted by Crippen LogP contribution is 2.33. The lowest BCUT2D eigenvalue weighted by atomic mass is 9.92. The molecule has 0 bridgehead atoms. The van der Waals surface area contributed by atoms with Gasteiger partial charge in [-0.15, -0.1) is 0 Å². The standard InChI is InChI=1S/C36H40FN3.C4H10.C2H6/c1-5-26(3)33-16-15-32(37)22-35(33)39-27(4)29-17-19-40(20-18-29)24-28-11-13-31(14-12-28)36-34(21-25(2)23-38-36)30-9-7-6-8-10-30;1-3-4-2;1-2/h6-16,21-23,26,29,39H,4-5,17-20,24H2,1-3H3;3-4H2,1-2H3;1-2H3. The van der Waals surface area contributed by atoms with Gasteiger partial charge in [-0.25, -0.2) is 4.39 Å². The van der Waals surface area contributed by atoms with E-state index in [1.54, 1.807) is 12.1 Å². The van der Waals surface area contributed by atoms with Crippen molar-refractivity contribution in [1.29, 1.82) is 0 Å². The van der Waals surface area contributed by atoms with Gasteiger partial charge in [-0.1, -0.05) is 122 Å². The van der Waals surface area contributed by atoms with Gasteiger partial charge >= 0.3 is 0 Å². The fraction of sp³-hybridized carbons (Fsp3) is 0.405. The summed E-state index contributed by atoms with van der Waals surface area (Å²) in [6.07, 6.45) is 7.70. The zero-order valence-electron chi connectivity index (χ0n) is 29.4. The summed E-state index contributed by atoms with van der Waals surface area (Å²) in [5.74, 6) is 0.546. The Balaban J connectivity index is 0.000000891. The molecule has 1 aromatic heterocycles. The largest absolute Gasteiger partial charge is 0.359 e. The molecule has 1 aliphatic rings. The third-order valence-corrected chi connectivity index (χ3v) is 8.78. The summed E-state index contributed by atoms with van der Waals surface area (Å²) in [5.41, 5.74) is 9.99. The van der Waals surface area contributed by atoms with Crippen LogP contribution in [0.4, 0.5) is 10.1 Å². The summed E-state index contributed by atoms with van der Waals surface area (Å²) in [6, 6.07) is 26.6. The van der Waals surface area contributed by atoms with Crippen LogP contribution in [0.25, 0.3) is 22.4 Å². The molecule has 46 heavy (non-hydrogen) atoms. The van der Waals surface area contributed by atoms with Crippen molar-refractivity contribution in [2.75, 3.05) is 18.4 Å². The molecule has 1 unspecified atom stereocenters. The minimum Gasteiger partial charge on any atom is -0.359 e. The van der Waals surface area contributed by atoms with E-state index in [2.05, 4.69) is 106 Å². The molecular weight excluding hydrogens is 565 g/mol. The third-order valence-electron chi connectivity index (χ3n) is 8.78. The van der Waals surface area contributed by atoms with Crippen molar-refractivity contribution in [3.05, 3.63) is 120 Å². The van der Waals surface area contributed by atoms with E-state index >= 15 is 0 Å². The van der Waals surface area contributed by atoms with Crippen molar-refractivity contribution < 1.29 is 4.39 Å². The Bertz CT molecular complexity index is 1470. The first-order chi connectivity index (χ1) is 22.3. The number of likely N-dealkylation sites (tertiary alicyclic amines) is 1. The molecule has 3 aromatic carbocycles. The van der Waals surface area contributed by atoms with Crippen LogP contribution in [-0.4, -0.2) is 23.0 Å². The molecule has 246 valence electrons. The highest BCUT2D eigenvalue weighted by Gasteiger charge is 2.23. The number of pyridine rings is 1. The fourth-order valence-electron chi connectivity index (χ4n) is 5.66. The molecule has 5 rings (SSSR count). The highest BCUT2D eigenvalue weighted by atomic mass is 19.1. The van der Waals surface area contributed by atoms with Gasteiger partial charge < -0.3 is 5.32 Å². The van der Waals surface area contributed by atoms with E-state index in [4.69, 9.17) is 4.98 Å². The lowest BCUT2D eigenvalue weighted by molar-refractivity contribution is 0.192. The Morgan fingerprint density at radius 1 is 0.913 bits per heavy atom. The minimum atomic E-state index is -0.211. The number of allylic oxidation sites excluding steroid dienone is 1. The van der Waals surface area contributed by atoms with Crippen molar-refractivity contribution in [3.8, 4) is 22.4 Å². The fourth-order valence-corrected chi connectivity index (χ4v) is 5.66. The molecule has 1 saturated heterocycles. The van der Waals surface area contributed by atoms with Crippen molar-refractivity contribution in [2.45, 2.75) is 93.0 Å². The summed E-state index contributed by atoms with van der Waals surface area (Å²) >= 11 is 0. The SMILES string of the molecule is C=C(Nc1cc(F)ccc1C(C)CC)C1CCN(Cc2ccc(-c3ncc(C)cc3-c3ccccc3)cc2)CC1.CC.CCCC. The first kappa shape index (κ1) is 36.7. The van der Waals surface area contributed by atoms with E-state index in [1.165, 1.54) is 29.5 Å². The quantitative estimate of drug-likeness (QED) is 0.191. The molecule has 1 fully saturated rings. The monoisotopic (exact) mass is 621 g/mol. The average molecular weight is 622 g/mol. The smallest absolute Gasteiger partial charge is 0.125 e. The van der Waals surface area contributed by atoms with Crippen LogP contribution in [0.5, 0.6) is 0 Å². The molecule has 1 atom stereocenters. The Labute approximate surface area is 279 Å².